The molecule has 2 heterocycles. The lowest BCUT2D eigenvalue weighted by Gasteiger charge is -2.32. The standard InChI is InChI=1S/C17H20F3N3O2/c1-22-14(24)10-13(16(25)23-8-6-21-7-9-23)15(22)11-2-4-12(5-3-11)17(18,19)20/h2-5,13,15,21H,6-10H2,1H3/t13-,15-/m1/s1. The van der Waals surface area contributed by atoms with Crippen molar-refractivity contribution in [2.24, 2.45) is 5.92 Å². The lowest BCUT2D eigenvalue weighted by Crippen LogP contribution is -2.49. The molecule has 1 aromatic carbocycles. The van der Waals surface area contributed by atoms with E-state index < -0.39 is 23.7 Å². The number of carbonyl (C=O) groups is 2. The highest BCUT2D eigenvalue weighted by atomic mass is 19.4. The molecule has 25 heavy (non-hydrogen) atoms. The molecule has 3 rings (SSSR count). The first-order chi connectivity index (χ1) is 11.8. The molecule has 5 nitrogen and oxygen atoms in total. The second kappa shape index (κ2) is 6.67. The SMILES string of the molecule is CN1C(=O)C[C@@H](C(=O)N2CCNCC2)[C@H]1c1ccc(C(F)(F)F)cc1. The molecular formula is C17H20F3N3O2. The molecule has 0 aliphatic carbocycles. The zero-order valence-corrected chi connectivity index (χ0v) is 13.8. The predicted octanol–water partition coefficient (Wildman–Crippen LogP) is 1.66. The molecule has 0 bridgehead atoms. The summed E-state index contributed by atoms with van der Waals surface area (Å²) in [6.07, 6.45) is -4.32. The van der Waals surface area contributed by atoms with Crippen LogP contribution in [-0.4, -0.2) is 54.8 Å². The van der Waals surface area contributed by atoms with Crippen LogP contribution in [0, 0.1) is 5.92 Å². The molecule has 0 radical (unpaired) electrons. The molecule has 2 aliphatic rings. The second-order valence-corrected chi connectivity index (χ2v) is 6.46. The van der Waals surface area contributed by atoms with E-state index in [0.29, 0.717) is 31.7 Å². The molecule has 136 valence electrons. The minimum atomic E-state index is -4.41. The van der Waals surface area contributed by atoms with Crippen LogP contribution in [-0.2, 0) is 15.8 Å². The van der Waals surface area contributed by atoms with Gasteiger partial charge >= 0.3 is 6.18 Å². The molecule has 2 saturated heterocycles. The van der Waals surface area contributed by atoms with Crippen molar-refractivity contribution in [2.75, 3.05) is 33.2 Å². The van der Waals surface area contributed by atoms with Crippen molar-refractivity contribution in [3.8, 4) is 0 Å². The van der Waals surface area contributed by atoms with Crippen LogP contribution >= 0.6 is 0 Å². The summed E-state index contributed by atoms with van der Waals surface area (Å²) < 4.78 is 38.3. The third kappa shape index (κ3) is 3.49. The summed E-state index contributed by atoms with van der Waals surface area (Å²) in [4.78, 5) is 28.2. The lowest BCUT2D eigenvalue weighted by atomic mass is 9.91. The quantitative estimate of drug-likeness (QED) is 0.878. The summed E-state index contributed by atoms with van der Waals surface area (Å²) in [5.41, 5.74) is -0.192. The highest BCUT2D eigenvalue weighted by Crippen LogP contribution is 2.39. The fraction of sp³-hybridized carbons (Fsp3) is 0.529. The Balaban J connectivity index is 1.86. The minimum absolute atomic E-state index is 0.0882. The number of amides is 2. The molecule has 2 fully saturated rings. The van der Waals surface area contributed by atoms with Gasteiger partial charge in [-0.25, -0.2) is 0 Å². The van der Waals surface area contributed by atoms with E-state index in [1.165, 1.54) is 17.0 Å². The summed E-state index contributed by atoms with van der Waals surface area (Å²) in [6.45, 7) is 2.56. The number of carbonyl (C=O) groups excluding carboxylic acids is 2. The van der Waals surface area contributed by atoms with Gasteiger partial charge in [0.1, 0.15) is 0 Å². The molecule has 2 amide bonds. The predicted molar refractivity (Wildman–Crippen MR) is 84.5 cm³/mol. The largest absolute Gasteiger partial charge is 0.416 e. The van der Waals surface area contributed by atoms with Gasteiger partial charge in [-0.1, -0.05) is 12.1 Å². The maximum absolute atomic E-state index is 12.8. The third-order valence-electron chi connectivity index (χ3n) is 4.91. The molecule has 1 N–H and O–H groups in total. The third-order valence-corrected chi connectivity index (χ3v) is 4.91. The van der Waals surface area contributed by atoms with Gasteiger partial charge in [0.25, 0.3) is 0 Å². The molecule has 2 atom stereocenters. The number of halogens is 3. The lowest BCUT2D eigenvalue weighted by molar-refractivity contribution is -0.138. The summed E-state index contributed by atoms with van der Waals surface area (Å²) in [5.74, 6) is -0.838. The average molecular weight is 355 g/mol. The first-order valence-electron chi connectivity index (χ1n) is 8.21. The summed E-state index contributed by atoms with van der Waals surface area (Å²) in [7, 11) is 1.59. The topological polar surface area (TPSA) is 52.7 Å². The van der Waals surface area contributed by atoms with Crippen molar-refractivity contribution in [1.82, 2.24) is 15.1 Å². The van der Waals surface area contributed by atoms with Crippen LogP contribution in [0.4, 0.5) is 13.2 Å². The maximum atomic E-state index is 12.8. The number of hydrogen-bond acceptors (Lipinski definition) is 3. The smallest absolute Gasteiger partial charge is 0.340 e. The van der Waals surface area contributed by atoms with Crippen molar-refractivity contribution >= 4 is 11.8 Å². The van der Waals surface area contributed by atoms with Gasteiger partial charge in [0.15, 0.2) is 0 Å². The van der Waals surface area contributed by atoms with Crippen LogP contribution in [0.1, 0.15) is 23.6 Å². The Hall–Kier alpha value is -2.09. The van der Waals surface area contributed by atoms with Crippen LogP contribution in [0.5, 0.6) is 0 Å². The van der Waals surface area contributed by atoms with E-state index >= 15 is 0 Å². The van der Waals surface area contributed by atoms with Gasteiger partial charge in [-0.3, -0.25) is 9.59 Å². The fourth-order valence-corrected chi connectivity index (χ4v) is 3.54. The molecule has 0 unspecified atom stereocenters. The van der Waals surface area contributed by atoms with Gasteiger partial charge in [-0.2, -0.15) is 13.2 Å². The van der Waals surface area contributed by atoms with E-state index in [4.69, 9.17) is 0 Å². The van der Waals surface area contributed by atoms with E-state index in [1.54, 1.807) is 11.9 Å². The van der Waals surface area contributed by atoms with Crippen LogP contribution < -0.4 is 5.32 Å². The van der Waals surface area contributed by atoms with Gasteiger partial charge in [0, 0.05) is 39.6 Å². The van der Waals surface area contributed by atoms with Crippen molar-refractivity contribution in [3.63, 3.8) is 0 Å². The van der Waals surface area contributed by atoms with Crippen LogP contribution in [0.25, 0.3) is 0 Å². The molecule has 1 aromatic rings. The number of benzene rings is 1. The number of alkyl halides is 3. The van der Waals surface area contributed by atoms with Crippen LogP contribution in [0.3, 0.4) is 0 Å². The Labute approximate surface area is 143 Å². The number of rotatable bonds is 2. The first kappa shape index (κ1) is 17.7. The maximum Gasteiger partial charge on any atom is 0.416 e. The van der Waals surface area contributed by atoms with E-state index in [0.717, 1.165) is 12.1 Å². The number of likely N-dealkylation sites (tertiary alicyclic amines) is 1. The second-order valence-electron chi connectivity index (χ2n) is 6.46. The Bertz CT molecular complexity index is 654. The molecule has 8 heteroatoms. The van der Waals surface area contributed by atoms with Crippen molar-refractivity contribution in [1.29, 1.82) is 0 Å². The Kier molecular flexibility index (Phi) is 4.73. The van der Waals surface area contributed by atoms with Crippen molar-refractivity contribution in [2.45, 2.75) is 18.6 Å². The van der Waals surface area contributed by atoms with E-state index in [2.05, 4.69) is 5.32 Å². The fourth-order valence-electron chi connectivity index (χ4n) is 3.54. The minimum Gasteiger partial charge on any atom is -0.340 e. The zero-order chi connectivity index (χ0) is 18.2. The number of piperazine rings is 1. The highest BCUT2D eigenvalue weighted by molar-refractivity contribution is 5.90. The van der Waals surface area contributed by atoms with Gasteiger partial charge in [0.2, 0.25) is 11.8 Å². The molecule has 0 aromatic heterocycles. The molecule has 0 saturated carbocycles. The molecule has 2 aliphatic heterocycles. The van der Waals surface area contributed by atoms with Gasteiger partial charge in [-0.05, 0) is 17.7 Å². The van der Waals surface area contributed by atoms with E-state index in [1.807, 2.05) is 0 Å². The zero-order valence-electron chi connectivity index (χ0n) is 13.8. The number of nitrogens with zero attached hydrogens (tertiary/aromatic N) is 2. The Morgan fingerprint density at radius 1 is 1.16 bits per heavy atom. The van der Waals surface area contributed by atoms with Gasteiger partial charge in [-0.15, -0.1) is 0 Å². The molecule has 0 spiro atoms. The highest BCUT2D eigenvalue weighted by Gasteiger charge is 2.44. The van der Waals surface area contributed by atoms with E-state index in [9.17, 15) is 22.8 Å². The first-order valence-corrected chi connectivity index (χ1v) is 8.21. The van der Waals surface area contributed by atoms with Gasteiger partial charge < -0.3 is 15.1 Å². The number of hydrogen-bond donors (Lipinski definition) is 1. The monoisotopic (exact) mass is 355 g/mol. The van der Waals surface area contributed by atoms with E-state index in [-0.39, 0.29) is 18.2 Å². The summed E-state index contributed by atoms with van der Waals surface area (Å²) >= 11 is 0. The van der Waals surface area contributed by atoms with Crippen LogP contribution in [0.15, 0.2) is 24.3 Å². The number of nitrogens with one attached hydrogen (secondary N) is 1. The Morgan fingerprint density at radius 2 is 1.76 bits per heavy atom. The summed E-state index contributed by atoms with van der Waals surface area (Å²) in [6, 6.07) is 4.19. The molecular weight excluding hydrogens is 335 g/mol. The van der Waals surface area contributed by atoms with Crippen molar-refractivity contribution in [3.05, 3.63) is 35.4 Å². The normalized spacial score (nSPS) is 24.7. The van der Waals surface area contributed by atoms with Crippen molar-refractivity contribution < 1.29 is 22.8 Å². The Morgan fingerprint density at radius 3 is 2.32 bits per heavy atom. The average Bonchev–Trinajstić information content (AvgIpc) is 2.89. The van der Waals surface area contributed by atoms with Crippen LogP contribution in [0.2, 0.25) is 0 Å². The summed E-state index contributed by atoms with van der Waals surface area (Å²) in [5, 5.41) is 3.16. The van der Waals surface area contributed by atoms with Gasteiger partial charge in [0.05, 0.1) is 17.5 Å².